The summed E-state index contributed by atoms with van der Waals surface area (Å²) < 4.78 is 0. The Morgan fingerprint density at radius 2 is 2.33 bits per heavy atom. The standard InChI is InChI=1S/C15H22N2O/c1-2-15(8-4-3-5-9-15)17-11-7-14(18)12-13(17)6-10-16/h3-5,8,13-14,18H,2,6-7,9,11-12H2,1H3/t13-,14?,15+/m1/s1. The summed E-state index contributed by atoms with van der Waals surface area (Å²) in [6, 6.07) is 2.46. The third kappa shape index (κ3) is 2.50. The molecule has 0 aromatic rings. The van der Waals surface area contributed by atoms with Crippen molar-refractivity contribution >= 4 is 0 Å². The molecule has 1 unspecified atom stereocenters. The van der Waals surface area contributed by atoms with Crippen LogP contribution in [0.1, 0.15) is 39.0 Å². The van der Waals surface area contributed by atoms with Crippen LogP contribution < -0.4 is 0 Å². The summed E-state index contributed by atoms with van der Waals surface area (Å²) in [6.45, 7) is 3.09. The van der Waals surface area contributed by atoms with E-state index in [-0.39, 0.29) is 17.7 Å². The van der Waals surface area contributed by atoms with Gasteiger partial charge in [0.2, 0.25) is 0 Å². The van der Waals surface area contributed by atoms with E-state index in [4.69, 9.17) is 5.26 Å². The first-order valence-electron chi connectivity index (χ1n) is 6.88. The van der Waals surface area contributed by atoms with Crippen molar-refractivity contribution in [1.82, 2.24) is 4.90 Å². The van der Waals surface area contributed by atoms with E-state index in [0.29, 0.717) is 6.42 Å². The van der Waals surface area contributed by atoms with Crippen LogP contribution in [0.2, 0.25) is 0 Å². The van der Waals surface area contributed by atoms with Crippen molar-refractivity contribution in [3.8, 4) is 6.07 Å². The first-order chi connectivity index (χ1) is 8.72. The van der Waals surface area contributed by atoms with Gasteiger partial charge in [-0.25, -0.2) is 0 Å². The van der Waals surface area contributed by atoms with E-state index in [9.17, 15) is 5.11 Å². The van der Waals surface area contributed by atoms with Crippen LogP contribution in [0.5, 0.6) is 0 Å². The molecule has 0 amide bonds. The topological polar surface area (TPSA) is 47.3 Å². The molecule has 0 bridgehead atoms. The van der Waals surface area contributed by atoms with Gasteiger partial charge in [0, 0.05) is 18.1 Å². The Hall–Kier alpha value is -1.11. The smallest absolute Gasteiger partial charge is 0.0638 e. The van der Waals surface area contributed by atoms with Gasteiger partial charge in [-0.05, 0) is 25.7 Å². The quantitative estimate of drug-likeness (QED) is 0.831. The highest BCUT2D eigenvalue weighted by Gasteiger charge is 2.39. The Morgan fingerprint density at radius 3 is 2.94 bits per heavy atom. The van der Waals surface area contributed by atoms with Gasteiger partial charge in [-0.2, -0.15) is 5.26 Å². The number of piperidine rings is 1. The lowest BCUT2D eigenvalue weighted by Gasteiger charge is -2.49. The van der Waals surface area contributed by atoms with Crippen LogP contribution in [0.15, 0.2) is 24.3 Å². The zero-order valence-electron chi connectivity index (χ0n) is 11.0. The van der Waals surface area contributed by atoms with Crippen molar-refractivity contribution in [2.75, 3.05) is 6.54 Å². The molecule has 3 atom stereocenters. The molecule has 1 fully saturated rings. The molecule has 0 aromatic heterocycles. The van der Waals surface area contributed by atoms with Gasteiger partial charge in [0.15, 0.2) is 0 Å². The fourth-order valence-electron chi connectivity index (χ4n) is 3.25. The second-order valence-corrected chi connectivity index (χ2v) is 5.34. The average molecular weight is 246 g/mol. The highest BCUT2D eigenvalue weighted by molar-refractivity contribution is 5.22. The first kappa shape index (κ1) is 13.3. The van der Waals surface area contributed by atoms with Gasteiger partial charge in [0.05, 0.1) is 18.6 Å². The monoisotopic (exact) mass is 246 g/mol. The fraction of sp³-hybridized carbons (Fsp3) is 0.667. The van der Waals surface area contributed by atoms with Crippen LogP contribution >= 0.6 is 0 Å². The minimum atomic E-state index is -0.239. The Labute approximate surface area is 109 Å². The molecule has 0 radical (unpaired) electrons. The van der Waals surface area contributed by atoms with Crippen molar-refractivity contribution in [1.29, 1.82) is 5.26 Å². The van der Waals surface area contributed by atoms with E-state index in [1.54, 1.807) is 0 Å². The van der Waals surface area contributed by atoms with E-state index in [1.807, 2.05) is 0 Å². The molecule has 1 aliphatic heterocycles. The van der Waals surface area contributed by atoms with Gasteiger partial charge in [-0.3, -0.25) is 4.90 Å². The molecule has 1 saturated heterocycles. The third-order valence-electron chi connectivity index (χ3n) is 4.32. The van der Waals surface area contributed by atoms with Crippen molar-refractivity contribution in [3.63, 3.8) is 0 Å². The van der Waals surface area contributed by atoms with E-state index in [2.05, 4.69) is 42.2 Å². The van der Waals surface area contributed by atoms with E-state index >= 15 is 0 Å². The lowest BCUT2D eigenvalue weighted by molar-refractivity contribution is -0.00857. The number of aliphatic hydroxyl groups excluding tert-OH is 1. The molecule has 0 saturated carbocycles. The maximum Gasteiger partial charge on any atom is 0.0638 e. The van der Waals surface area contributed by atoms with Gasteiger partial charge in [0.1, 0.15) is 0 Å². The fourth-order valence-corrected chi connectivity index (χ4v) is 3.25. The van der Waals surface area contributed by atoms with E-state index < -0.39 is 0 Å². The molecule has 3 nitrogen and oxygen atoms in total. The van der Waals surface area contributed by atoms with Crippen molar-refractivity contribution < 1.29 is 5.11 Å². The van der Waals surface area contributed by atoms with Crippen LogP contribution in [0.3, 0.4) is 0 Å². The lowest BCUT2D eigenvalue weighted by atomic mass is 9.82. The Kier molecular flexibility index (Phi) is 4.21. The second-order valence-electron chi connectivity index (χ2n) is 5.34. The Bertz CT molecular complexity index is 382. The summed E-state index contributed by atoms with van der Waals surface area (Å²) in [7, 11) is 0. The van der Waals surface area contributed by atoms with Gasteiger partial charge in [-0.1, -0.05) is 31.2 Å². The molecule has 3 heteroatoms. The van der Waals surface area contributed by atoms with Gasteiger partial charge < -0.3 is 5.11 Å². The molecule has 1 heterocycles. The molecule has 18 heavy (non-hydrogen) atoms. The maximum atomic E-state index is 9.81. The maximum absolute atomic E-state index is 9.81. The van der Waals surface area contributed by atoms with Crippen LogP contribution in [-0.2, 0) is 0 Å². The largest absolute Gasteiger partial charge is 0.393 e. The number of nitriles is 1. The zero-order valence-corrected chi connectivity index (χ0v) is 11.0. The van der Waals surface area contributed by atoms with Crippen molar-refractivity contribution in [2.45, 2.75) is 56.7 Å². The highest BCUT2D eigenvalue weighted by atomic mass is 16.3. The summed E-state index contributed by atoms with van der Waals surface area (Å²) in [4.78, 5) is 2.45. The zero-order chi connectivity index (χ0) is 13.0. The highest BCUT2D eigenvalue weighted by Crippen LogP contribution is 2.35. The molecular formula is C15H22N2O. The van der Waals surface area contributed by atoms with Crippen molar-refractivity contribution in [2.24, 2.45) is 0 Å². The lowest BCUT2D eigenvalue weighted by Crippen LogP contribution is -2.56. The van der Waals surface area contributed by atoms with Crippen LogP contribution in [0.25, 0.3) is 0 Å². The summed E-state index contributed by atoms with van der Waals surface area (Å²) in [5.74, 6) is 0. The summed E-state index contributed by atoms with van der Waals surface area (Å²) in [5, 5.41) is 18.8. The molecule has 1 N–H and O–H groups in total. The number of rotatable bonds is 3. The molecule has 1 aliphatic carbocycles. The number of nitrogens with zero attached hydrogens (tertiary/aromatic N) is 2. The van der Waals surface area contributed by atoms with Crippen LogP contribution in [0, 0.1) is 11.3 Å². The predicted molar refractivity (Wildman–Crippen MR) is 71.9 cm³/mol. The first-order valence-corrected chi connectivity index (χ1v) is 6.88. The number of aliphatic hydroxyl groups is 1. The molecule has 2 aliphatic rings. The van der Waals surface area contributed by atoms with Crippen molar-refractivity contribution in [3.05, 3.63) is 24.3 Å². The van der Waals surface area contributed by atoms with E-state index in [0.717, 1.165) is 32.2 Å². The van der Waals surface area contributed by atoms with E-state index in [1.165, 1.54) is 0 Å². The van der Waals surface area contributed by atoms with Gasteiger partial charge >= 0.3 is 0 Å². The van der Waals surface area contributed by atoms with Gasteiger partial charge in [0.25, 0.3) is 0 Å². The molecule has 2 rings (SSSR count). The minimum Gasteiger partial charge on any atom is -0.393 e. The Balaban J connectivity index is 2.20. The Morgan fingerprint density at radius 1 is 1.50 bits per heavy atom. The number of hydrogen-bond acceptors (Lipinski definition) is 3. The molecule has 98 valence electrons. The average Bonchev–Trinajstić information content (AvgIpc) is 2.40. The number of allylic oxidation sites excluding steroid dienone is 2. The second kappa shape index (κ2) is 5.69. The SMILES string of the molecule is CC[C@]1(N2CCC(O)C[C@H]2CC#N)C=CC=CC1. The predicted octanol–water partition coefficient (Wildman–Crippen LogP) is 2.39. The molecule has 0 aromatic carbocycles. The summed E-state index contributed by atoms with van der Waals surface area (Å²) in [5.41, 5.74) is 0.0520. The van der Waals surface area contributed by atoms with Crippen LogP contribution in [-0.4, -0.2) is 34.2 Å². The number of likely N-dealkylation sites (tertiary alicyclic amines) is 1. The summed E-state index contributed by atoms with van der Waals surface area (Å²) in [6.07, 6.45) is 12.6. The minimum absolute atomic E-state index is 0.0520. The van der Waals surface area contributed by atoms with Gasteiger partial charge in [-0.15, -0.1) is 0 Å². The molecular weight excluding hydrogens is 224 g/mol. The summed E-state index contributed by atoms with van der Waals surface area (Å²) >= 11 is 0. The normalized spacial score (nSPS) is 36.5. The van der Waals surface area contributed by atoms with Crippen LogP contribution in [0.4, 0.5) is 0 Å². The third-order valence-corrected chi connectivity index (χ3v) is 4.32. The number of hydrogen-bond donors (Lipinski definition) is 1. The molecule has 0 spiro atoms.